The summed E-state index contributed by atoms with van der Waals surface area (Å²) < 4.78 is 25.3. The second-order valence-electron chi connectivity index (χ2n) is 6.92. The fourth-order valence-electron chi connectivity index (χ4n) is 3.28. The maximum atomic E-state index is 11.8. The SMILES string of the molecule is Cc1cc2c(cc1C#N)c(-c1cncc(N)c1Cl)cn2-c1ccc(S(C)(=O)=O)cn1. The zero-order chi connectivity index (χ0) is 21.6. The molecule has 9 heteroatoms. The van der Waals surface area contributed by atoms with Crippen molar-refractivity contribution >= 4 is 38.0 Å². The van der Waals surface area contributed by atoms with Crippen molar-refractivity contribution in [2.45, 2.75) is 11.8 Å². The van der Waals surface area contributed by atoms with E-state index >= 15 is 0 Å². The van der Waals surface area contributed by atoms with Gasteiger partial charge in [-0.1, -0.05) is 11.6 Å². The highest BCUT2D eigenvalue weighted by Crippen LogP contribution is 2.38. The van der Waals surface area contributed by atoms with E-state index in [4.69, 9.17) is 17.3 Å². The monoisotopic (exact) mass is 437 g/mol. The smallest absolute Gasteiger partial charge is 0.177 e. The zero-order valence-electron chi connectivity index (χ0n) is 16.1. The summed E-state index contributed by atoms with van der Waals surface area (Å²) in [6.07, 6.45) is 7.37. The van der Waals surface area contributed by atoms with Crippen molar-refractivity contribution in [1.82, 2.24) is 14.5 Å². The molecule has 0 aliphatic heterocycles. The number of rotatable bonds is 3. The topological polar surface area (TPSA) is 115 Å². The van der Waals surface area contributed by atoms with Crippen molar-refractivity contribution in [3.8, 4) is 23.0 Å². The Morgan fingerprint density at radius 1 is 1.17 bits per heavy atom. The van der Waals surface area contributed by atoms with E-state index in [1.54, 1.807) is 18.3 Å². The average Bonchev–Trinajstić information content (AvgIpc) is 3.07. The number of nitrogens with two attached hydrogens (primary N) is 1. The molecule has 3 aromatic heterocycles. The number of halogens is 1. The standard InChI is InChI=1S/C21H16ClN5O2S/c1-12-5-19-15(6-13(12)7-23)17(16-9-25-10-18(24)21(16)22)11-27(19)20-4-3-14(8-26-20)30(2,28)29/h3-6,8-11H,24H2,1-2H3. The minimum atomic E-state index is -3.36. The minimum absolute atomic E-state index is 0.133. The number of aromatic nitrogens is 3. The molecule has 0 saturated heterocycles. The van der Waals surface area contributed by atoms with Crippen molar-refractivity contribution in [2.75, 3.05) is 12.0 Å². The number of nitrogens with zero attached hydrogens (tertiary/aromatic N) is 4. The Balaban J connectivity index is 2.03. The summed E-state index contributed by atoms with van der Waals surface area (Å²) in [6, 6.07) is 9.02. The van der Waals surface area contributed by atoms with Gasteiger partial charge in [-0.25, -0.2) is 13.4 Å². The van der Waals surface area contributed by atoms with Crippen molar-refractivity contribution < 1.29 is 8.42 Å². The van der Waals surface area contributed by atoms with E-state index in [1.807, 2.05) is 23.8 Å². The quantitative estimate of drug-likeness (QED) is 0.519. The van der Waals surface area contributed by atoms with E-state index in [-0.39, 0.29) is 4.90 Å². The molecule has 0 unspecified atom stereocenters. The van der Waals surface area contributed by atoms with Gasteiger partial charge in [0.2, 0.25) is 0 Å². The van der Waals surface area contributed by atoms with E-state index in [9.17, 15) is 13.7 Å². The number of hydrogen-bond acceptors (Lipinski definition) is 6. The van der Waals surface area contributed by atoms with Gasteiger partial charge in [0.15, 0.2) is 9.84 Å². The molecule has 150 valence electrons. The highest BCUT2D eigenvalue weighted by atomic mass is 35.5. The lowest BCUT2D eigenvalue weighted by atomic mass is 10.0. The molecule has 0 fully saturated rings. The highest BCUT2D eigenvalue weighted by molar-refractivity contribution is 7.90. The van der Waals surface area contributed by atoms with Crippen LogP contribution in [0.2, 0.25) is 5.02 Å². The van der Waals surface area contributed by atoms with Gasteiger partial charge in [-0.3, -0.25) is 4.98 Å². The van der Waals surface area contributed by atoms with Gasteiger partial charge in [0.1, 0.15) is 5.82 Å². The molecule has 0 aliphatic rings. The summed E-state index contributed by atoms with van der Waals surface area (Å²) in [6.45, 7) is 1.85. The van der Waals surface area contributed by atoms with Crippen LogP contribution in [0, 0.1) is 18.3 Å². The minimum Gasteiger partial charge on any atom is -0.396 e. The maximum Gasteiger partial charge on any atom is 0.177 e. The predicted molar refractivity (Wildman–Crippen MR) is 116 cm³/mol. The van der Waals surface area contributed by atoms with E-state index in [0.29, 0.717) is 27.7 Å². The van der Waals surface area contributed by atoms with Gasteiger partial charge in [0.25, 0.3) is 0 Å². The van der Waals surface area contributed by atoms with E-state index < -0.39 is 9.84 Å². The first kappa shape index (κ1) is 19.9. The lowest BCUT2D eigenvalue weighted by molar-refractivity contribution is 0.601. The number of hydrogen-bond donors (Lipinski definition) is 1. The van der Waals surface area contributed by atoms with Crippen LogP contribution in [-0.4, -0.2) is 29.2 Å². The van der Waals surface area contributed by atoms with Crippen LogP contribution in [0.5, 0.6) is 0 Å². The number of pyridine rings is 2. The summed E-state index contributed by atoms with van der Waals surface area (Å²) in [5.74, 6) is 0.524. The molecule has 7 nitrogen and oxygen atoms in total. The predicted octanol–water partition coefficient (Wildman–Crippen LogP) is 3.91. The Morgan fingerprint density at radius 3 is 2.57 bits per heavy atom. The third-order valence-corrected chi connectivity index (χ3v) is 6.38. The van der Waals surface area contributed by atoms with Gasteiger partial charge in [-0.2, -0.15) is 5.26 Å². The van der Waals surface area contributed by atoms with E-state index in [1.165, 1.54) is 18.5 Å². The van der Waals surface area contributed by atoms with Gasteiger partial charge in [-0.05, 0) is 36.8 Å². The molecule has 30 heavy (non-hydrogen) atoms. The number of benzene rings is 1. The van der Waals surface area contributed by atoms with Gasteiger partial charge < -0.3 is 10.3 Å². The maximum absolute atomic E-state index is 11.8. The Kier molecular flexibility index (Phi) is 4.73. The molecule has 0 spiro atoms. The zero-order valence-corrected chi connectivity index (χ0v) is 17.7. The largest absolute Gasteiger partial charge is 0.396 e. The Hall–Kier alpha value is -3.41. The van der Waals surface area contributed by atoms with Crippen LogP contribution in [0.3, 0.4) is 0 Å². The first-order valence-electron chi connectivity index (χ1n) is 8.82. The molecule has 0 radical (unpaired) electrons. The van der Waals surface area contributed by atoms with E-state index in [2.05, 4.69) is 16.0 Å². The summed E-state index contributed by atoms with van der Waals surface area (Å²) in [7, 11) is -3.36. The fraction of sp³-hybridized carbons (Fsp3) is 0.0952. The Labute approximate surface area is 178 Å². The van der Waals surface area contributed by atoms with Crippen molar-refractivity contribution in [3.63, 3.8) is 0 Å². The van der Waals surface area contributed by atoms with Gasteiger partial charge in [-0.15, -0.1) is 0 Å². The Bertz CT molecular complexity index is 1450. The fourth-order valence-corrected chi connectivity index (χ4v) is 4.04. The lowest BCUT2D eigenvalue weighted by Crippen LogP contribution is -2.01. The van der Waals surface area contributed by atoms with Crippen LogP contribution in [0.4, 0.5) is 5.69 Å². The third-order valence-electron chi connectivity index (χ3n) is 4.86. The number of anilines is 1. The van der Waals surface area contributed by atoms with Crippen LogP contribution >= 0.6 is 11.6 Å². The molecular formula is C21H16ClN5O2S. The first-order valence-corrected chi connectivity index (χ1v) is 11.1. The first-order chi connectivity index (χ1) is 14.2. The van der Waals surface area contributed by atoms with Crippen LogP contribution in [-0.2, 0) is 9.84 Å². The van der Waals surface area contributed by atoms with Gasteiger partial charge in [0.05, 0.1) is 39.0 Å². The molecule has 2 N–H and O–H groups in total. The summed E-state index contributed by atoms with van der Waals surface area (Å²) >= 11 is 6.44. The number of nitriles is 1. The normalized spacial score (nSPS) is 11.5. The Morgan fingerprint density at radius 2 is 1.93 bits per heavy atom. The second kappa shape index (κ2) is 7.13. The van der Waals surface area contributed by atoms with Crippen LogP contribution in [0.1, 0.15) is 11.1 Å². The number of aryl methyl sites for hydroxylation is 1. The molecule has 0 amide bonds. The van der Waals surface area contributed by atoms with Crippen LogP contribution in [0.25, 0.3) is 27.8 Å². The van der Waals surface area contributed by atoms with Gasteiger partial charge in [0, 0.05) is 41.4 Å². The van der Waals surface area contributed by atoms with Crippen LogP contribution < -0.4 is 5.73 Å². The number of fused-ring (bicyclic) bond motifs is 1. The second-order valence-corrected chi connectivity index (χ2v) is 9.32. The highest BCUT2D eigenvalue weighted by Gasteiger charge is 2.18. The molecule has 0 aliphatic carbocycles. The molecule has 0 saturated carbocycles. The van der Waals surface area contributed by atoms with Crippen molar-refractivity contribution in [3.05, 3.63) is 65.2 Å². The summed E-state index contributed by atoms with van der Waals surface area (Å²) in [4.78, 5) is 8.61. The molecule has 0 bridgehead atoms. The third kappa shape index (κ3) is 3.28. The summed E-state index contributed by atoms with van der Waals surface area (Å²) in [5, 5.41) is 10.6. The van der Waals surface area contributed by atoms with Gasteiger partial charge >= 0.3 is 0 Å². The van der Waals surface area contributed by atoms with Crippen molar-refractivity contribution in [1.29, 1.82) is 5.26 Å². The average molecular weight is 438 g/mol. The van der Waals surface area contributed by atoms with Crippen molar-refractivity contribution in [2.24, 2.45) is 0 Å². The molecule has 3 heterocycles. The molecule has 4 aromatic rings. The van der Waals surface area contributed by atoms with Crippen LogP contribution in [0.15, 0.2) is 53.9 Å². The molecule has 1 aromatic carbocycles. The molecule has 0 atom stereocenters. The number of nitrogen functional groups attached to an aromatic ring is 1. The molecule has 4 rings (SSSR count). The van der Waals surface area contributed by atoms with E-state index in [0.717, 1.165) is 28.3 Å². The molecular weight excluding hydrogens is 422 g/mol. The summed E-state index contributed by atoms with van der Waals surface area (Å²) in [5.41, 5.74) is 9.78. The number of sulfone groups is 1. The lowest BCUT2D eigenvalue weighted by Gasteiger charge is -2.06.